The van der Waals surface area contributed by atoms with Crippen LogP contribution in [0.15, 0.2) is 0 Å². The minimum Gasteiger partial charge on any atom is -0.481 e. The van der Waals surface area contributed by atoms with Gasteiger partial charge < -0.3 is 188 Å². The second-order valence-electron chi connectivity index (χ2n) is 25.7. The van der Waals surface area contributed by atoms with Crippen molar-refractivity contribution in [1.82, 2.24) is 5.32 Å². The fourth-order valence-corrected chi connectivity index (χ4v) is 15.0. The summed E-state index contributed by atoms with van der Waals surface area (Å²) in [6, 6.07) is -1.18. The molecule has 0 amide bonds. The van der Waals surface area contributed by atoms with Crippen LogP contribution >= 0.6 is 23.5 Å². The molecule has 21 saturated heterocycles. The van der Waals surface area contributed by atoms with E-state index >= 15 is 0 Å². The third-order valence-electron chi connectivity index (χ3n) is 18.6. The van der Waals surface area contributed by atoms with E-state index in [1.807, 2.05) is 0 Å². The first-order chi connectivity index (χ1) is 49.0. The molecule has 21 heterocycles. The second-order valence-corrected chi connectivity index (χ2v) is 27.9. The molecule has 103 heavy (non-hydrogen) atoms. The number of hydrogen-bond acceptors (Lipinski definition) is 42. The highest BCUT2D eigenvalue weighted by atomic mass is 32.2. The highest BCUT2D eigenvalue weighted by Crippen LogP contribution is 2.40. The Hall–Kier alpha value is -2.46. The van der Waals surface area contributed by atoms with Crippen LogP contribution in [0.3, 0.4) is 0 Å². The summed E-state index contributed by atoms with van der Waals surface area (Å²) < 4.78 is 93.3. The minimum atomic E-state index is -2.31. The zero-order chi connectivity index (χ0) is 75.4. The quantitative estimate of drug-likeness (QED) is 0.0340. The Morgan fingerprint density at radius 2 is 0.602 bits per heavy atom. The van der Waals surface area contributed by atoms with E-state index in [9.17, 15) is 126 Å². The number of ketones is 2. The van der Waals surface area contributed by atoms with Crippen molar-refractivity contribution in [3.63, 3.8) is 0 Å². The molecular weight excluding hydrogens is 1440 g/mol. The van der Waals surface area contributed by atoms with Crippen LogP contribution in [0.4, 0.5) is 0 Å². The van der Waals surface area contributed by atoms with Crippen LogP contribution < -0.4 is 5.32 Å². The number of ether oxygens (including phenoxy) is 16. The predicted molar refractivity (Wildman–Crippen MR) is 332 cm³/mol. The maximum Gasteiger partial charge on any atom is 0.321 e. The van der Waals surface area contributed by atoms with Gasteiger partial charge in [-0.15, -0.1) is 0 Å². The minimum absolute atomic E-state index is 0.0645. The van der Waals surface area contributed by atoms with Crippen molar-refractivity contribution >= 4 is 47.0 Å². The molecule has 37 atom stereocenters. The van der Waals surface area contributed by atoms with Gasteiger partial charge >= 0.3 is 11.9 Å². The number of carbonyl (C=O) groups excluding carboxylic acids is 2. The number of hydrogen-bond donors (Lipinski definition) is 22. The summed E-state index contributed by atoms with van der Waals surface area (Å²) in [5.74, 6) is -6.08. The third kappa shape index (κ3) is 21.0. The number of Topliss-reactive ketones (excluding diaryl/α,β-unsaturated/α-hetero) is 2. The Balaban J connectivity index is 1.08. The van der Waals surface area contributed by atoms with E-state index in [2.05, 4.69) is 5.32 Å². The first-order valence-electron chi connectivity index (χ1n) is 33.2. The van der Waals surface area contributed by atoms with Crippen LogP contribution in [-0.4, -0.2) is 441 Å². The molecule has 0 aromatic rings. The standard InChI is InChI=1S/C59H97NO41S2/c1-19(66)3-5-86-7-8-87-6-4-21(67)9-20(51(82)83)15-102-17-28-49-35(73)42(80)58(93-28)98-47-26(13-64)89-55(38(76)31(47)69)97-46-25(12-63)92-57(41(79)34(46)72)101-50-29(18-103-16-22(60-2)52(84)85)94-59(43(81)36(50)74)99-48-27(14-65)90-54(39(77)32(48)70)95-44-23(10-61)88-53(37(75)30(44)68)96-45-24(11-62)91-56(100-49)40(78)33(45)71/h20,22-50,53-65,68-81H,3-18H2,1-2H3,(H,82,83)(H,84,85)/t20-,22-,23?,24?,25?,26?,27?,28?,29?,30-,31-,32-,33-,34-,35-,36-,37?,38?,39?,40?,41?,42?,43?,44-,45-,46-,47-,48-,49-,50-,53-,54-,55+,56-,57+,58-,59-/m1/s1. The lowest BCUT2D eigenvalue weighted by atomic mass is 9.95. The highest BCUT2D eigenvalue weighted by molar-refractivity contribution is 7.99. The van der Waals surface area contributed by atoms with Gasteiger partial charge in [0, 0.05) is 42.3 Å². The maximum absolute atomic E-state index is 13.0. The van der Waals surface area contributed by atoms with E-state index in [1.54, 1.807) is 0 Å². The molecule has 0 radical (unpaired) electrons. The predicted octanol–water partition coefficient (Wildman–Crippen LogP) is -13.0. The number of likely N-dealkylation sites (N-methyl/N-ethyl adjacent to an activating group) is 1. The van der Waals surface area contributed by atoms with Crippen LogP contribution in [0.2, 0.25) is 0 Å². The van der Waals surface area contributed by atoms with Gasteiger partial charge in [0.15, 0.2) is 44.0 Å². The molecule has 0 aliphatic carbocycles. The molecule has 0 saturated carbocycles. The number of carboxylic acids is 2. The van der Waals surface area contributed by atoms with Crippen molar-refractivity contribution in [3.05, 3.63) is 0 Å². The Kier molecular flexibility index (Phi) is 33.4. The summed E-state index contributed by atoms with van der Waals surface area (Å²) in [5, 5.41) is 239. The van der Waals surface area contributed by atoms with Gasteiger partial charge in [0.05, 0.1) is 77.6 Å². The lowest BCUT2D eigenvalue weighted by Gasteiger charge is -2.50. The van der Waals surface area contributed by atoms with Gasteiger partial charge in [-0.3, -0.25) is 19.2 Å². The number of rotatable bonds is 27. The highest BCUT2D eigenvalue weighted by Gasteiger charge is 2.60. The fraction of sp³-hybridized carbons (Fsp3) is 0.932. The lowest BCUT2D eigenvalue weighted by Crippen LogP contribution is -2.68. The van der Waals surface area contributed by atoms with Crippen LogP contribution in [0, 0.1) is 5.92 Å². The molecule has 21 fully saturated rings. The number of aliphatic hydroxyl groups excluding tert-OH is 19. The average Bonchev–Trinajstić information content (AvgIpc) is 0.785. The van der Waals surface area contributed by atoms with Gasteiger partial charge in [-0.05, 0) is 14.0 Å². The van der Waals surface area contributed by atoms with E-state index in [-0.39, 0.29) is 62.3 Å². The molecule has 22 N–H and O–H groups in total. The molecule has 14 bridgehead atoms. The van der Waals surface area contributed by atoms with Gasteiger partial charge in [-0.2, -0.15) is 23.5 Å². The van der Waals surface area contributed by atoms with Crippen LogP contribution in [0.25, 0.3) is 0 Å². The summed E-state index contributed by atoms with van der Waals surface area (Å²) in [5.41, 5.74) is 0. The summed E-state index contributed by atoms with van der Waals surface area (Å²) in [6.07, 6.45) is -73.1. The lowest BCUT2D eigenvalue weighted by molar-refractivity contribution is -0.395. The van der Waals surface area contributed by atoms with E-state index < -0.39 is 290 Å². The number of aliphatic hydroxyl groups is 19. The monoisotopic (exact) mass is 1540 g/mol. The molecular formula is C59H97NO41S2. The molecule has 14 unspecified atom stereocenters. The molecule has 0 aromatic carbocycles. The molecule has 0 aromatic heterocycles. The molecule has 21 rings (SSSR count). The largest absolute Gasteiger partial charge is 0.481 e. The molecule has 44 heteroatoms. The molecule has 21 aliphatic heterocycles. The van der Waals surface area contributed by atoms with Crippen molar-refractivity contribution < 1.29 is 202 Å². The Morgan fingerprint density at radius 3 is 0.845 bits per heavy atom. The summed E-state index contributed by atoms with van der Waals surface area (Å²) in [7, 11) is 1.35. The molecule has 596 valence electrons. The zero-order valence-electron chi connectivity index (χ0n) is 55.5. The number of aliphatic carboxylic acids is 2. The first kappa shape index (κ1) is 86.1. The van der Waals surface area contributed by atoms with Crippen LogP contribution in [-0.2, 0) is 95.0 Å². The van der Waals surface area contributed by atoms with Crippen molar-refractivity contribution in [1.29, 1.82) is 0 Å². The van der Waals surface area contributed by atoms with Crippen molar-refractivity contribution in [2.24, 2.45) is 5.92 Å². The Labute approximate surface area is 595 Å². The summed E-state index contributed by atoms with van der Waals surface area (Å²) >= 11 is 1.66. The molecule has 42 nitrogen and oxygen atoms in total. The topological polar surface area (TPSA) is 653 Å². The second kappa shape index (κ2) is 40.0. The molecule has 0 spiro atoms. The summed E-state index contributed by atoms with van der Waals surface area (Å²) in [6.45, 7) is -3.91. The van der Waals surface area contributed by atoms with Gasteiger partial charge in [0.2, 0.25) is 0 Å². The number of carbonyl (C=O) groups is 4. The average molecular weight is 1540 g/mol. The molecule has 21 aliphatic rings. The van der Waals surface area contributed by atoms with E-state index in [1.165, 1.54) is 14.0 Å². The normalized spacial score (nSPS) is 44.9. The summed E-state index contributed by atoms with van der Waals surface area (Å²) in [4.78, 5) is 48.7. The zero-order valence-corrected chi connectivity index (χ0v) is 57.2. The smallest absolute Gasteiger partial charge is 0.321 e. The third-order valence-corrected chi connectivity index (χ3v) is 20.9. The van der Waals surface area contributed by atoms with E-state index in [4.69, 9.17) is 75.8 Å². The number of thioether (sulfide) groups is 2. The van der Waals surface area contributed by atoms with Crippen molar-refractivity contribution in [2.45, 2.75) is 247 Å². The van der Waals surface area contributed by atoms with E-state index in [0.717, 1.165) is 23.5 Å². The Bertz CT molecular complexity index is 2610. The Morgan fingerprint density at radius 1 is 0.350 bits per heavy atom. The van der Waals surface area contributed by atoms with Crippen LogP contribution in [0.1, 0.15) is 26.2 Å². The van der Waals surface area contributed by atoms with Crippen LogP contribution in [0.5, 0.6) is 0 Å². The number of carboxylic acid groups (broad SMARTS) is 2. The first-order valence-corrected chi connectivity index (χ1v) is 35.5. The van der Waals surface area contributed by atoms with Gasteiger partial charge in [0.1, 0.15) is 176 Å². The SMILES string of the molecule is CN[C@H](CSCC1O[C@@H]2O[C@@H]3C(CO)O[C@H](O[C@@H]4C(CO)O[C@H](O[C@@H]5C(CO)O[C@H](O[C@@H]6C(CSC[C@@H](CC(=O)CCOCCOCCC(C)=O)C(=O)O)O[C@H](O[C@@H]7C(CO)O[C@@H](O[C@@H]8C(CO)O[C@@H](O[C@H]1[C@H](O)C2O)C(O)[C@H]8O)C(O)[C@H]7O)C(O)[C@H]6O)C(O)[C@H]5O)C(O)[C@H]4O)C(O)[C@H]3O)C(=O)O. The van der Waals surface area contributed by atoms with Crippen molar-refractivity contribution in [2.75, 3.05) is 89.5 Å². The van der Waals surface area contributed by atoms with Gasteiger partial charge in [-0.1, -0.05) is 0 Å². The van der Waals surface area contributed by atoms with E-state index in [0.29, 0.717) is 0 Å². The maximum atomic E-state index is 13.0. The fourth-order valence-electron chi connectivity index (χ4n) is 12.6. The van der Waals surface area contributed by atoms with Gasteiger partial charge in [0.25, 0.3) is 0 Å². The number of nitrogens with one attached hydrogen (secondary N) is 1. The van der Waals surface area contributed by atoms with Gasteiger partial charge in [-0.25, -0.2) is 0 Å². The van der Waals surface area contributed by atoms with Crippen molar-refractivity contribution in [3.8, 4) is 0 Å².